The van der Waals surface area contributed by atoms with Crippen LogP contribution in [-0.2, 0) is 16.4 Å². The predicted octanol–water partition coefficient (Wildman–Crippen LogP) is 3.20. The first kappa shape index (κ1) is 18.5. The Morgan fingerprint density at radius 3 is 2.62 bits per heavy atom. The maximum Gasteiger partial charge on any atom is 0.252 e. The maximum absolute atomic E-state index is 12.9. The molecule has 1 aliphatic rings. The van der Waals surface area contributed by atoms with Crippen LogP contribution in [0.15, 0.2) is 42.5 Å². The summed E-state index contributed by atoms with van der Waals surface area (Å²) in [4.78, 5) is 12.9. The van der Waals surface area contributed by atoms with Crippen molar-refractivity contribution in [2.45, 2.75) is 32.2 Å². The fourth-order valence-electron chi connectivity index (χ4n) is 3.53. The zero-order valence-corrected chi connectivity index (χ0v) is 16.1. The van der Waals surface area contributed by atoms with Crippen LogP contribution in [0.3, 0.4) is 0 Å². The second-order valence-electron chi connectivity index (χ2n) is 6.80. The summed E-state index contributed by atoms with van der Waals surface area (Å²) < 4.78 is 24.9. The summed E-state index contributed by atoms with van der Waals surface area (Å²) >= 11 is 0. The van der Waals surface area contributed by atoms with Crippen LogP contribution in [-0.4, -0.2) is 27.6 Å². The lowest BCUT2D eigenvalue weighted by Crippen LogP contribution is -2.32. The zero-order chi connectivity index (χ0) is 18.9. The highest BCUT2D eigenvalue weighted by atomic mass is 32.2. The van der Waals surface area contributed by atoms with E-state index < -0.39 is 10.0 Å². The standard InChI is InChI=1S/C20H24N2O3S/c1-14-16(11-7-13-19(14)22(2)26(3,24)25)20(23)21-18-12-6-9-15-8-4-5-10-17(15)18/h4-5,7-8,10-11,13,18H,6,9,12H2,1-3H3,(H,21,23). The number of carbonyl (C=O) groups is 1. The fourth-order valence-corrected chi connectivity index (χ4v) is 4.08. The minimum Gasteiger partial charge on any atom is -0.345 e. The van der Waals surface area contributed by atoms with Crippen molar-refractivity contribution in [2.75, 3.05) is 17.6 Å². The molecule has 0 aromatic heterocycles. The quantitative estimate of drug-likeness (QED) is 0.896. The van der Waals surface area contributed by atoms with Crippen molar-refractivity contribution in [3.05, 3.63) is 64.7 Å². The number of carbonyl (C=O) groups excluding carboxylic acids is 1. The first-order valence-electron chi connectivity index (χ1n) is 8.71. The number of anilines is 1. The van der Waals surface area contributed by atoms with Gasteiger partial charge in [-0.25, -0.2) is 8.42 Å². The molecule has 0 saturated heterocycles. The molecular weight excluding hydrogens is 348 g/mol. The third-order valence-corrected chi connectivity index (χ3v) is 6.25. The molecule has 1 N–H and O–H groups in total. The van der Waals surface area contributed by atoms with Crippen molar-refractivity contribution < 1.29 is 13.2 Å². The van der Waals surface area contributed by atoms with Crippen LogP contribution >= 0.6 is 0 Å². The molecule has 0 radical (unpaired) electrons. The van der Waals surface area contributed by atoms with Gasteiger partial charge in [-0.2, -0.15) is 0 Å². The van der Waals surface area contributed by atoms with Crippen molar-refractivity contribution in [2.24, 2.45) is 0 Å². The molecule has 1 atom stereocenters. The van der Waals surface area contributed by atoms with Gasteiger partial charge in [0.1, 0.15) is 0 Å². The number of sulfonamides is 1. The molecular formula is C20H24N2O3S. The van der Waals surface area contributed by atoms with Gasteiger partial charge in [0.25, 0.3) is 5.91 Å². The first-order valence-corrected chi connectivity index (χ1v) is 10.6. The molecule has 2 aromatic carbocycles. The smallest absolute Gasteiger partial charge is 0.252 e. The van der Waals surface area contributed by atoms with E-state index in [-0.39, 0.29) is 11.9 Å². The Morgan fingerprint density at radius 1 is 1.15 bits per heavy atom. The van der Waals surface area contributed by atoms with E-state index in [1.807, 2.05) is 12.1 Å². The summed E-state index contributed by atoms with van der Waals surface area (Å²) in [5.74, 6) is -0.173. The number of aryl methyl sites for hydroxylation is 1. The van der Waals surface area contributed by atoms with E-state index >= 15 is 0 Å². The second-order valence-corrected chi connectivity index (χ2v) is 8.81. The summed E-state index contributed by atoms with van der Waals surface area (Å²) in [6.07, 6.45) is 4.14. The molecule has 6 heteroatoms. The molecule has 0 heterocycles. The zero-order valence-electron chi connectivity index (χ0n) is 15.3. The largest absolute Gasteiger partial charge is 0.345 e. The van der Waals surface area contributed by atoms with Gasteiger partial charge in [0.2, 0.25) is 10.0 Å². The van der Waals surface area contributed by atoms with Gasteiger partial charge < -0.3 is 5.32 Å². The number of nitrogens with one attached hydrogen (secondary N) is 1. The van der Waals surface area contributed by atoms with E-state index in [0.717, 1.165) is 25.5 Å². The number of rotatable bonds is 4. The molecule has 138 valence electrons. The van der Waals surface area contributed by atoms with Gasteiger partial charge in [-0.1, -0.05) is 30.3 Å². The summed E-state index contributed by atoms with van der Waals surface area (Å²) in [6, 6.07) is 13.4. The maximum atomic E-state index is 12.9. The topological polar surface area (TPSA) is 66.5 Å². The molecule has 0 bridgehead atoms. The Kier molecular flexibility index (Phi) is 5.05. The lowest BCUT2D eigenvalue weighted by atomic mass is 9.87. The van der Waals surface area contributed by atoms with Crippen LogP contribution < -0.4 is 9.62 Å². The molecule has 26 heavy (non-hydrogen) atoms. The number of fused-ring (bicyclic) bond motifs is 1. The molecule has 1 amide bonds. The Bertz CT molecular complexity index is 938. The van der Waals surface area contributed by atoms with E-state index in [1.165, 1.54) is 22.5 Å². The molecule has 3 rings (SSSR count). The molecule has 5 nitrogen and oxygen atoms in total. The van der Waals surface area contributed by atoms with Crippen molar-refractivity contribution in [3.8, 4) is 0 Å². The number of amides is 1. The highest BCUT2D eigenvalue weighted by Gasteiger charge is 2.24. The van der Waals surface area contributed by atoms with Gasteiger partial charge in [0.15, 0.2) is 0 Å². The highest BCUT2D eigenvalue weighted by molar-refractivity contribution is 7.92. The number of benzene rings is 2. The molecule has 0 aliphatic heterocycles. The van der Waals surface area contributed by atoms with Crippen molar-refractivity contribution in [1.82, 2.24) is 5.32 Å². The third-order valence-electron chi connectivity index (χ3n) is 5.06. The van der Waals surface area contributed by atoms with Crippen molar-refractivity contribution >= 4 is 21.6 Å². The fraction of sp³-hybridized carbons (Fsp3) is 0.350. The van der Waals surface area contributed by atoms with E-state index in [4.69, 9.17) is 0 Å². The monoisotopic (exact) mass is 372 g/mol. The number of nitrogens with zero attached hydrogens (tertiary/aromatic N) is 1. The first-order chi connectivity index (χ1) is 12.3. The molecule has 1 aliphatic carbocycles. The average Bonchev–Trinajstić information content (AvgIpc) is 2.61. The summed E-state index contributed by atoms with van der Waals surface area (Å²) in [7, 11) is -1.89. The van der Waals surface area contributed by atoms with Crippen LogP contribution in [0.4, 0.5) is 5.69 Å². The second kappa shape index (κ2) is 7.11. The minimum atomic E-state index is -3.39. The highest BCUT2D eigenvalue weighted by Crippen LogP contribution is 2.30. The van der Waals surface area contributed by atoms with E-state index in [0.29, 0.717) is 16.8 Å². The summed E-state index contributed by atoms with van der Waals surface area (Å²) in [5, 5.41) is 3.13. The van der Waals surface area contributed by atoms with E-state index in [2.05, 4.69) is 17.4 Å². The molecule has 0 spiro atoms. The van der Waals surface area contributed by atoms with Crippen LogP contribution in [0.5, 0.6) is 0 Å². The molecule has 0 fully saturated rings. The molecule has 2 aromatic rings. The Morgan fingerprint density at radius 2 is 1.88 bits per heavy atom. The van der Waals surface area contributed by atoms with Gasteiger partial charge >= 0.3 is 0 Å². The van der Waals surface area contributed by atoms with E-state index in [1.54, 1.807) is 25.1 Å². The van der Waals surface area contributed by atoms with Gasteiger partial charge in [-0.15, -0.1) is 0 Å². The van der Waals surface area contributed by atoms with Gasteiger partial charge in [-0.05, 0) is 55.0 Å². The Labute approximate surface area is 155 Å². The van der Waals surface area contributed by atoms with Gasteiger partial charge in [-0.3, -0.25) is 9.10 Å². The predicted molar refractivity (Wildman–Crippen MR) is 104 cm³/mol. The Hall–Kier alpha value is -2.34. The van der Waals surface area contributed by atoms with Crippen molar-refractivity contribution in [1.29, 1.82) is 0 Å². The normalized spacial score (nSPS) is 16.7. The lowest BCUT2D eigenvalue weighted by Gasteiger charge is -2.27. The lowest BCUT2D eigenvalue weighted by molar-refractivity contribution is 0.0932. The van der Waals surface area contributed by atoms with Crippen molar-refractivity contribution in [3.63, 3.8) is 0 Å². The van der Waals surface area contributed by atoms with Crippen LogP contribution in [0.1, 0.15) is 45.9 Å². The Balaban J connectivity index is 1.88. The summed E-state index contributed by atoms with van der Waals surface area (Å²) in [5.41, 5.74) is 4.13. The summed E-state index contributed by atoms with van der Waals surface area (Å²) in [6.45, 7) is 1.78. The van der Waals surface area contributed by atoms with E-state index in [9.17, 15) is 13.2 Å². The third kappa shape index (κ3) is 3.60. The molecule has 0 saturated carbocycles. The van der Waals surface area contributed by atoms with Crippen LogP contribution in [0.25, 0.3) is 0 Å². The average molecular weight is 372 g/mol. The number of hydrogen-bond acceptors (Lipinski definition) is 3. The SMILES string of the molecule is Cc1c(C(=O)NC2CCCc3ccccc32)cccc1N(C)S(C)(=O)=O. The minimum absolute atomic E-state index is 0.0110. The molecule has 1 unspecified atom stereocenters. The van der Waals surface area contributed by atoms with Gasteiger partial charge in [0, 0.05) is 12.6 Å². The van der Waals surface area contributed by atoms with Crippen LogP contribution in [0.2, 0.25) is 0 Å². The van der Waals surface area contributed by atoms with Crippen LogP contribution in [0, 0.1) is 6.92 Å². The number of hydrogen-bond donors (Lipinski definition) is 1. The van der Waals surface area contributed by atoms with Gasteiger partial charge in [0.05, 0.1) is 18.0 Å².